The molecule has 1 unspecified atom stereocenters. The second-order valence-electron chi connectivity index (χ2n) is 6.00. The molecule has 1 saturated heterocycles. The number of hydrogen-bond donors (Lipinski definition) is 2. The fourth-order valence-electron chi connectivity index (χ4n) is 2.78. The Kier molecular flexibility index (Phi) is 5.34. The van der Waals surface area contributed by atoms with Crippen molar-refractivity contribution in [2.75, 3.05) is 27.2 Å². The van der Waals surface area contributed by atoms with Gasteiger partial charge in [0.15, 0.2) is 0 Å². The molecule has 1 aliphatic heterocycles. The minimum absolute atomic E-state index is 0.0192. The van der Waals surface area contributed by atoms with Crippen molar-refractivity contribution in [1.29, 1.82) is 0 Å². The number of rotatable bonds is 3. The summed E-state index contributed by atoms with van der Waals surface area (Å²) in [5.74, 6) is -1.22. The van der Waals surface area contributed by atoms with Crippen LogP contribution in [0.2, 0.25) is 0 Å². The molecule has 1 aliphatic rings. The van der Waals surface area contributed by atoms with Crippen LogP contribution >= 0.6 is 0 Å². The summed E-state index contributed by atoms with van der Waals surface area (Å²) in [6, 6.07) is 3.29. The van der Waals surface area contributed by atoms with Crippen molar-refractivity contribution in [3.05, 3.63) is 35.4 Å². The fourth-order valence-corrected chi connectivity index (χ4v) is 2.78. The molecule has 0 bridgehead atoms. The molecule has 6 heteroatoms. The molecule has 1 aromatic rings. The van der Waals surface area contributed by atoms with Crippen LogP contribution in [0.25, 0.3) is 0 Å². The van der Waals surface area contributed by atoms with Gasteiger partial charge in [0.05, 0.1) is 7.05 Å². The fraction of sp³-hybridized carbons (Fsp3) is 0.562. The molecule has 1 fully saturated rings. The number of halogens is 2. The van der Waals surface area contributed by atoms with Crippen LogP contribution in [0, 0.1) is 11.6 Å². The first-order valence-electron chi connectivity index (χ1n) is 7.57. The largest absolute Gasteiger partial charge is 0.447 e. The standard InChI is InChI=1S/C16H23F2N3O/c1-11(14-5-4-12(17)10-15(14)18)19-16(22)21(3)13-6-8-20(2)9-7-13/h4-5,10-11,13H,6-9H2,1-3H3,(H,19,22)/p+1. The van der Waals surface area contributed by atoms with Crippen molar-refractivity contribution in [2.45, 2.75) is 31.8 Å². The maximum Gasteiger partial charge on any atom is 0.442 e. The molecule has 4 nitrogen and oxygen atoms in total. The predicted molar refractivity (Wildman–Crippen MR) is 82.2 cm³/mol. The number of amidine groups is 1. The summed E-state index contributed by atoms with van der Waals surface area (Å²) in [5, 5.41) is 13.1. The van der Waals surface area contributed by atoms with Crippen LogP contribution in [0.3, 0.4) is 0 Å². The first-order chi connectivity index (χ1) is 10.4. The second-order valence-corrected chi connectivity index (χ2v) is 6.00. The average molecular weight is 312 g/mol. The summed E-state index contributed by atoms with van der Waals surface area (Å²) >= 11 is 0. The van der Waals surface area contributed by atoms with Gasteiger partial charge in [-0.05, 0) is 26.1 Å². The van der Waals surface area contributed by atoms with E-state index in [1.54, 1.807) is 11.5 Å². The normalized spacial score (nSPS) is 19.7. The summed E-state index contributed by atoms with van der Waals surface area (Å²) in [7, 11) is 3.91. The molecular formula is C16H24F2N3O+. The highest BCUT2D eigenvalue weighted by Crippen LogP contribution is 2.18. The van der Waals surface area contributed by atoms with Crippen molar-refractivity contribution in [1.82, 2.24) is 10.2 Å². The molecule has 1 atom stereocenters. The lowest BCUT2D eigenvalue weighted by Gasteiger charge is -2.28. The van der Waals surface area contributed by atoms with E-state index < -0.39 is 17.7 Å². The second kappa shape index (κ2) is 7.05. The van der Waals surface area contributed by atoms with Gasteiger partial charge in [0.25, 0.3) is 0 Å². The lowest BCUT2D eigenvalue weighted by atomic mass is 10.1. The van der Waals surface area contributed by atoms with E-state index in [-0.39, 0.29) is 12.1 Å². The Bertz CT molecular complexity index is 554. The van der Waals surface area contributed by atoms with Gasteiger partial charge in [-0.25, -0.2) is 18.7 Å². The molecule has 1 aromatic carbocycles. The van der Waals surface area contributed by atoms with Crippen LogP contribution in [0.5, 0.6) is 0 Å². The molecule has 0 radical (unpaired) electrons. The molecular weight excluding hydrogens is 288 g/mol. The van der Waals surface area contributed by atoms with Gasteiger partial charge < -0.3 is 10.0 Å². The molecule has 22 heavy (non-hydrogen) atoms. The zero-order valence-corrected chi connectivity index (χ0v) is 13.3. The minimum atomic E-state index is -0.616. The van der Waals surface area contributed by atoms with Crippen LogP contribution in [0.1, 0.15) is 31.4 Å². The summed E-state index contributed by atoms with van der Waals surface area (Å²) in [4.78, 5) is 2.26. The first-order valence-corrected chi connectivity index (χ1v) is 7.57. The number of aliphatic hydroxyl groups is 1. The number of likely N-dealkylation sites (tertiary alicyclic amines) is 1. The third kappa shape index (κ3) is 3.94. The number of nitrogens with zero attached hydrogens (tertiary/aromatic N) is 2. The molecule has 2 N–H and O–H groups in total. The minimum Gasteiger partial charge on any atom is -0.447 e. The summed E-state index contributed by atoms with van der Waals surface area (Å²) in [6.07, 6.45) is 1.94. The van der Waals surface area contributed by atoms with E-state index in [4.69, 9.17) is 0 Å². The van der Waals surface area contributed by atoms with E-state index in [1.165, 1.54) is 12.1 Å². The molecule has 1 heterocycles. The van der Waals surface area contributed by atoms with Crippen molar-refractivity contribution >= 4 is 6.02 Å². The van der Waals surface area contributed by atoms with Crippen LogP contribution < -0.4 is 5.32 Å². The Morgan fingerprint density at radius 2 is 2.00 bits per heavy atom. The molecule has 122 valence electrons. The Balaban J connectivity index is 2.06. The van der Waals surface area contributed by atoms with Gasteiger partial charge in [0, 0.05) is 37.6 Å². The Labute approximate surface area is 130 Å². The zero-order chi connectivity index (χ0) is 16.3. The highest BCUT2D eigenvalue weighted by molar-refractivity contribution is 5.66. The van der Waals surface area contributed by atoms with Crippen molar-refractivity contribution in [3.8, 4) is 0 Å². The average Bonchev–Trinajstić information content (AvgIpc) is 2.47. The topological polar surface area (TPSA) is 38.5 Å². The Hall–Kier alpha value is -1.69. The number of benzene rings is 1. The summed E-state index contributed by atoms with van der Waals surface area (Å²) in [5.41, 5.74) is 0.324. The number of hydrogen-bond acceptors (Lipinski definition) is 1. The maximum atomic E-state index is 13.8. The smallest absolute Gasteiger partial charge is 0.442 e. The number of nitrogens with one attached hydrogen (secondary N) is 1. The van der Waals surface area contributed by atoms with E-state index in [2.05, 4.69) is 17.3 Å². The van der Waals surface area contributed by atoms with Crippen LogP contribution in [0.4, 0.5) is 8.78 Å². The highest BCUT2D eigenvalue weighted by Gasteiger charge is 2.25. The third-order valence-electron chi connectivity index (χ3n) is 4.34. The SMILES string of the molecule is CC(NC(O)=[N+](C)C1CCN(C)CC1)c1ccc(F)cc1F. The van der Waals surface area contributed by atoms with Crippen molar-refractivity contribution in [3.63, 3.8) is 0 Å². The zero-order valence-electron chi connectivity index (χ0n) is 13.3. The van der Waals surface area contributed by atoms with Crippen LogP contribution in [-0.4, -0.2) is 53.8 Å². The van der Waals surface area contributed by atoms with Crippen molar-refractivity contribution < 1.29 is 18.5 Å². The Morgan fingerprint density at radius 3 is 2.59 bits per heavy atom. The lowest BCUT2D eigenvalue weighted by Crippen LogP contribution is -2.43. The molecule has 0 saturated carbocycles. The maximum absolute atomic E-state index is 13.8. The number of piperidine rings is 1. The molecule has 0 aromatic heterocycles. The van der Waals surface area contributed by atoms with E-state index in [0.29, 0.717) is 5.56 Å². The Morgan fingerprint density at radius 1 is 1.36 bits per heavy atom. The van der Waals surface area contributed by atoms with Gasteiger partial charge in [0.1, 0.15) is 23.7 Å². The van der Waals surface area contributed by atoms with Gasteiger partial charge in [0.2, 0.25) is 0 Å². The van der Waals surface area contributed by atoms with Gasteiger partial charge in [-0.3, -0.25) is 0 Å². The molecule has 0 spiro atoms. The van der Waals surface area contributed by atoms with Gasteiger partial charge in [-0.1, -0.05) is 0 Å². The molecule has 2 rings (SSSR count). The molecule has 0 amide bonds. The highest BCUT2D eigenvalue weighted by atomic mass is 19.1. The molecule has 0 aliphatic carbocycles. The first kappa shape index (κ1) is 16.7. The predicted octanol–water partition coefficient (Wildman–Crippen LogP) is 2.27. The quantitative estimate of drug-likeness (QED) is 0.511. The summed E-state index contributed by atoms with van der Waals surface area (Å²) < 4.78 is 28.5. The lowest BCUT2D eigenvalue weighted by molar-refractivity contribution is -0.551. The van der Waals surface area contributed by atoms with E-state index in [1.807, 2.05) is 7.05 Å². The number of aliphatic hydroxyl groups excluding tert-OH is 1. The van der Waals surface area contributed by atoms with Gasteiger partial charge in [-0.2, -0.15) is 0 Å². The van der Waals surface area contributed by atoms with Gasteiger partial charge in [-0.15, -0.1) is 0 Å². The van der Waals surface area contributed by atoms with Crippen LogP contribution in [-0.2, 0) is 0 Å². The van der Waals surface area contributed by atoms with E-state index in [9.17, 15) is 13.9 Å². The van der Waals surface area contributed by atoms with E-state index >= 15 is 0 Å². The monoisotopic (exact) mass is 312 g/mol. The van der Waals surface area contributed by atoms with Crippen molar-refractivity contribution in [2.24, 2.45) is 0 Å². The van der Waals surface area contributed by atoms with Crippen LogP contribution in [0.15, 0.2) is 18.2 Å². The summed E-state index contributed by atoms with van der Waals surface area (Å²) in [6.45, 7) is 3.71. The van der Waals surface area contributed by atoms with E-state index in [0.717, 1.165) is 32.0 Å². The van der Waals surface area contributed by atoms with Gasteiger partial charge >= 0.3 is 6.02 Å². The third-order valence-corrected chi connectivity index (χ3v) is 4.34.